The van der Waals surface area contributed by atoms with E-state index in [1.165, 1.54) is 11.1 Å². The number of fused-ring (bicyclic) bond motifs is 1. The number of ether oxygens (including phenoxy) is 1. The molecule has 1 aliphatic carbocycles. The van der Waals surface area contributed by atoms with Gasteiger partial charge >= 0.3 is 0 Å². The quantitative estimate of drug-likeness (QED) is 0.917. The van der Waals surface area contributed by atoms with E-state index in [4.69, 9.17) is 4.74 Å². The van der Waals surface area contributed by atoms with E-state index in [9.17, 15) is 13.9 Å². The second-order valence-electron chi connectivity index (χ2n) is 6.34. The first-order chi connectivity index (χ1) is 10.0. The fourth-order valence-electron chi connectivity index (χ4n) is 3.39. The third kappa shape index (κ3) is 3.54. The van der Waals surface area contributed by atoms with E-state index in [0.717, 1.165) is 25.2 Å². The van der Waals surface area contributed by atoms with Crippen LogP contribution in [0.1, 0.15) is 43.2 Å². The molecule has 1 N–H and O–H groups in total. The maximum absolute atomic E-state index is 13.1. The highest BCUT2D eigenvalue weighted by molar-refractivity contribution is 5.39. The first kappa shape index (κ1) is 14.8. The van der Waals surface area contributed by atoms with Gasteiger partial charge in [0.15, 0.2) is 0 Å². The Labute approximate surface area is 124 Å². The second-order valence-corrected chi connectivity index (χ2v) is 6.34. The Kier molecular flexibility index (Phi) is 4.16. The molecule has 0 radical (unpaired) electrons. The van der Waals surface area contributed by atoms with Gasteiger partial charge in [0.25, 0.3) is 0 Å². The largest absolute Gasteiger partial charge is 0.493 e. The van der Waals surface area contributed by atoms with Crippen molar-refractivity contribution in [2.24, 2.45) is 5.92 Å². The number of aliphatic hydroxyl groups excluding tert-OH is 1. The molecule has 4 heteroatoms. The standard InChI is InChI=1S/C17H22F2O2/c18-17(19)8-5-13(6-9-17)15(20)3-1-12-2-4-16-14(11-12)7-10-21-16/h2,4,11,13,15,20H,1,3,5-10H2. The van der Waals surface area contributed by atoms with Crippen molar-refractivity contribution >= 4 is 0 Å². The summed E-state index contributed by atoms with van der Waals surface area (Å²) in [5.41, 5.74) is 2.43. The minimum absolute atomic E-state index is 0.0300. The molecular formula is C17H22F2O2. The van der Waals surface area contributed by atoms with E-state index < -0.39 is 12.0 Å². The van der Waals surface area contributed by atoms with Gasteiger partial charge in [0.05, 0.1) is 12.7 Å². The van der Waals surface area contributed by atoms with Gasteiger partial charge < -0.3 is 9.84 Å². The fraction of sp³-hybridized carbons (Fsp3) is 0.647. The predicted molar refractivity (Wildman–Crippen MR) is 76.9 cm³/mol. The fourth-order valence-corrected chi connectivity index (χ4v) is 3.39. The average molecular weight is 296 g/mol. The summed E-state index contributed by atoms with van der Waals surface area (Å²) < 4.78 is 31.7. The van der Waals surface area contributed by atoms with Crippen molar-refractivity contribution in [2.75, 3.05) is 6.61 Å². The molecule has 1 heterocycles. The molecule has 0 saturated heterocycles. The average Bonchev–Trinajstić information content (AvgIpc) is 2.92. The van der Waals surface area contributed by atoms with Crippen LogP contribution in [-0.2, 0) is 12.8 Å². The molecular weight excluding hydrogens is 274 g/mol. The molecule has 116 valence electrons. The Balaban J connectivity index is 1.51. The molecule has 1 aliphatic heterocycles. The molecule has 1 aromatic rings. The predicted octanol–water partition coefficient (Wildman–Crippen LogP) is 3.74. The molecule has 1 fully saturated rings. The molecule has 2 aliphatic rings. The first-order valence-corrected chi connectivity index (χ1v) is 7.84. The lowest BCUT2D eigenvalue weighted by Gasteiger charge is -2.31. The molecule has 21 heavy (non-hydrogen) atoms. The molecule has 2 nitrogen and oxygen atoms in total. The number of aliphatic hydroxyl groups is 1. The lowest BCUT2D eigenvalue weighted by atomic mass is 9.81. The molecule has 1 unspecified atom stereocenters. The molecule has 1 saturated carbocycles. The molecule has 1 aromatic carbocycles. The summed E-state index contributed by atoms with van der Waals surface area (Å²) in [5, 5.41) is 10.2. The molecule has 0 bridgehead atoms. The number of halogens is 2. The number of rotatable bonds is 4. The number of hydrogen-bond acceptors (Lipinski definition) is 2. The molecule has 1 atom stereocenters. The monoisotopic (exact) mass is 296 g/mol. The lowest BCUT2D eigenvalue weighted by molar-refractivity contribution is -0.0629. The maximum atomic E-state index is 13.1. The summed E-state index contributed by atoms with van der Waals surface area (Å²) >= 11 is 0. The summed E-state index contributed by atoms with van der Waals surface area (Å²) in [5.74, 6) is -1.52. The maximum Gasteiger partial charge on any atom is 0.248 e. The highest BCUT2D eigenvalue weighted by Crippen LogP contribution is 2.38. The Hall–Kier alpha value is -1.16. The van der Waals surface area contributed by atoms with Crippen LogP contribution in [0.15, 0.2) is 18.2 Å². The summed E-state index contributed by atoms with van der Waals surface area (Å²) in [6, 6.07) is 6.17. The van der Waals surface area contributed by atoms with Gasteiger partial charge in [-0.05, 0) is 48.8 Å². The topological polar surface area (TPSA) is 29.5 Å². The second kappa shape index (κ2) is 5.91. The van der Waals surface area contributed by atoms with Crippen LogP contribution in [0.3, 0.4) is 0 Å². The van der Waals surface area contributed by atoms with Crippen LogP contribution < -0.4 is 4.74 Å². The van der Waals surface area contributed by atoms with Crippen molar-refractivity contribution in [3.63, 3.8) is 0 Å². The Bertz CT molecular complexity index is 492. The van der Waals surface area contributed by atoms with Gasteiger partial charge in [-0.1, -0.05) is 12.1 Å². The smallest absolute Gasteiger partial charge is 0.248 e. The zero-order chi connectivity index (χ0) is 14.9. The minimum atomic E-state index is -2.52. The number of alkyl halides is 2. The zero-order valence-corrected chi connectivity index (χ0v) is 12.2. The number of hydrogen-bond donors (Lipinski definition) is 1. The Morgan fingerprint density at radius 3 is 2.81 bits per heavy atom. The Morgan fingerprint density at radius 2 is 2.05 bits per heavy atom. The van der Waals surface area contributed by atoms with Crippen LogP contribution in [0.2, 0.25) is 0 Å². The van der Waals surface area contributed by atoms with E-state index in [1.807, 2.05) is 12.1 Å². The third-order valence-corrected chi connectivity index (χ3v) is 4.79. The van der Waals surface area contributed by atoms with Gasteiger partial charge in [0, 0.05) is 19.3 Å². The Morgan fingerprint density at radius 1 is 1.29 bits per heavy atom. The van der Waals surface area contributed by atoms with Crippen LogP contribution in [0, 0.1) is 5.92 Å². The normalized spacial score (nSPS) is 22.6. The van der Waals surface area contributed by atoms with E-state index >= 15 is 0 Å². The van der Waals surface area contributed by atoms with E-state index in [-0.39, 0.29) is 18.8 Å². The molecule has 3 rings (SSSR count). The molecule has 0 spiro atoms. The van der Waals surface area contributed by atoms with Gasteiger partial charge in [-0.3, -0.25) is 0 Å². The number of aryl methyl sites for hydroxylation is 1. The van der Waals surface area contributed by atoms with Crippen LogP contribution in [0.5, 0.6) is 5.75 Å². The summed E-state index contributed by atoms with van der Waals surface area (Å²) in [6.45, 7) is 0.748. The minimum Gasteiger partial charge on any atom is -0.493 e. The van der Waals surface area contributed by atoms with Crippen LogP contribution in [0.4, 0.5) is 8.78 Å². The summed E-state index contributed by atoms with van der Waals surface area (Å²) in [4.78, 5) is 0. The van der Waals surface area contributed by atoms with Crippen molar-refractivity contribution in [1.82, 2.24) is 0 Å². The van der Waals surface area contributed by atoms with Crippen molar-refractivity contribution in [3.8, 4) is 5.75 Å². The zero-order valence-electron chi connectivity index (χ0n) is 12.2. The van der Waals surface area contributed by atoms with Crippen LogP contribution >= 0.6 is 0 Å². The summed E-state index contributed by atoms with van der Waals surface area (Å²) in [6.07, 6.45) is 2.64. The van der Waals surface area contributed by atoms with E-state index in [2.05, 4.69) is 6.07 Å². The first-order valence-electron chi connectivity index (χ1n) is 7.84. The highest BCUT2D eigenvalue weighted by atomic mass is 19.3. The van der Waals surface area contributed by atoms with Crippen LogP contribution in [0.25, 0.3) is 0 Å². The summed E-state index contributed by atoms with van der Waals surface area (Å²) in [7, 11) is 0. The van der Waals surface area contributed by atoms with Gasteiger partial charge in [-0.2, -0.15) is 0 Å². The highest BCUT2D eigenvalue weighted by Gasteiger charge is 2.37. The third-order valence-electron chi connectivity index (χ3n) is 4.79. The SMILES string of the molecule is OC(CCc1ccc2c(c1)CCO2)C1CCC(F)(F)CC1. The van der Waals surface area contributed by atoms with Gasteiger partial charge in [-0.25, -0.2) is 8.78 Å². The van der Waals surface area contributed by atoms with Crippen molar-refractivity contribution < 1.29 is 18.6 Å². The van der Waals surface area contributed by atoms with E-state index in [0.29, 0.717) is 19.3 Å². The number of benzene rings is 1. The van der Waals surface area contributed by atoms with E-state index in [1.54, 1.807) is 0 Å². The molecule has 0 amide bonds. The van der Waals surface area contributed by atoms with Crippen molar-refractivity contribution in [3.05, 3.63) is 29.3 Å². The van der Waals surface area contributed by atoms with Crippen molar-refractivity contribution in [1.29, 1.82) is 0 Å². The van der Waals surface area contributed by atoms with Gasteiger partial charge in [0.2, 0.25) is 5.92 Å². The molecule has 0 aromatic heterocycles. The lowest BCUT2D eigenvalue weighted by Crippen LogP contribution is -2.31. The van der Waals surface area contributed by atoms with Gasteiger partial charge in [-0.15, -0.1) is 0 Å². The van der Waals surface area contributed by atoms with Crippen molar-refractivity contribution in [2.45, 2.75) is 57.0 Å². The van der Waals surface area contributed by atoms with Crippen LogP contribution in [-0.4, -0.2) is 23.7 Å². The van der Waals surface area contributed by atoms with Gasteiger partial charge in [0.1, 0.15) is 5.75 Å².